The van der Waals surface area contributed by atoms with Gasteiger partial charge in [0.15, 0.2) is 0 Å². The number of ether oxygens (including phenoxy) is 3. The predicted molar refractivity (Wildman–Crippen MR) is 92.8 cm³/mol. The highest BCUT2D eigenvalue weighted by atomic mass is 32.2. The minimum absolute atomic E-state index is 0.0564. The van der Waals surface area contributed by atoms with E-state index in [1.165, 1.54) is 4.31 Å². The maximum Gasteiger partial charge on any atom is 0.248 e. The zero-order valence-electron chi connectivity index (χ0n) is 15.3. The molecule has 1 amide bonds. The number of hydrogen-bond acceptors (Lipinski definition) is 6. The SMILES string of the molecule is CC1CN(S(=O)(=O)CCNC(=O)C(C)OCC2CCCO2)CC(C)O1. The van der Waals surface area contributed by atoms with Crippen molar-refractivity contribution in [3.05, 3.63) is 0 Å². The minimum atomic E-state index is -3.42. The molecule has 4 atom stereocenters. The van der Waals surface area contributed by atoms with E-state index < -0.39 is 16.1 Å². The molecule has 0 aromatic rings. The standard InChI is InChI=1S/C16H30N2O6S/c1-12-9-18(10-13(2)24-12)25(20,21)8-6-17-16(19)14(3)23-11-15-5-4-7-22-15/h12-15H,4-11H2,1-3H3,(H,17,19). The monoisotopic (exact) mass is 378 g/mol. The average Bonchev–Trinajstić information content (AvgIpc) is 3.04. The van der Waals surface area contributed by atoms with E-state index in [2.05, 4.69) is 5.32 Å². The fourth-order valence-electron chi connectivity index (χ4n) is 3.04. The first-order chi connectivity index (χ1) is 11.8. The minimum Gasteiger partial charge on any atom is -0.376 e. The van der Waals surface area contributed by atoms with Gasteiger partial charge in [0, 0.05) is 26.2 Å². The van der Waals surface area contributed by atoms with Gasteiger partial charge in [0.2, 0.25) is 15.9 Å². The predicted octanol–water partition coefficient (Wildman–Crippen LogP) is 0.126. The molecule has 146 valence electrons. The van der Waals surface area contributed by atoms with Crippen LogP contribution in [0.25, 0.3) is 0 Å². The van der Waals surface area contributed by atoms with Crippen molar-refractivity contribution in [3.63, 3.8) is 0 Å². The molecule has 4 unspecified atom stereocenters. The lowest BCUT2D eigenvalue weighted by Gasteiger charge is -2.34. The van der Waals surface area contributed by atoms with Crippen molar-refractivity contribution in [1.82, 2.24) is 9.62 Å². The quantitative estimate of drug-likeness (QED) is 0.645. The summed E-state index contributed by atoms with van der Waals surface area (Å²) in [5.74, 6) is -0.437. The third-order valence-corrected chi connectivity index (χ3v) is 6.17. The van der Waals surface area contributed by atoms with Crippen LogP contribution in [0.5, 0.6) is 0 Å². The molecule has 2 saturated heterocycles. The third-order valence-electron chi connectivity index (χ3n) is 4.36. The van der Waals surface area contributed by atoms with Crippen LogP contribution in [-0.4, -0.2) is 81.6 Å². The van der Waals surface area contributed by atoms with Crippen molar-refractivity contribution in [1.29, 1.82) is 0 Å². The molecule has 0 spiro atoms. The molecule has 0 bridgehead atoms. The smallest absolute Gasteiger partial charge is 0.248 e. The number of morpholine rings is 1. The van der Waals surface area contributed by atoms with Crippen LogP contribution < -0.4 is 5.32 Å². The van der Waals surface area contributed by atoms with Crippen LogP contribution in [0.15, 0.2) is 0 Å². The van der Waals surface area contributed by atoms with E-state index in [0.29, 0.717) is 19.7 Å². The zero-order valence-corrected chi connectivity index (χ0v) is 16.1. The first kappa shape index (κ1) is 20.6. The maximum absolute atomic E-state index is 12.4. The number of sulfonamides is 1. The summed E-state index contributed by atoms with van der Waals surface area (Å²) in [5.41, 5.74) is 0. The summed E-state index contributed by atoms with van der Waals surface area (Å²) in [4.78, 5) is 12.0. The van der Waals surface area contributed by atoms with E-state index in [4.69, 9.17) is 14.2 Å². The first-order valence-corrected chi connectivity index (χ1v) is 10.5. The lowest BCUT2D eigenvalue weighted by atomic mass is 10.2. The second kappa shape index (κ2) is 9.27. The van der Waals surface area contributed by atoms with Crippen molar-refractivity contribution in [3.8, 4) is 0 Å². The summed E-state index contributed by atoms with van der Waals surface area (Å²) in [6.45, 7) is 7.25. The van der Waals surface area contributed by atoms with Crippen molar-refractivity contribution < 1.29 is 27.4 Å². The Labute approximate surface area is 150 Å². The van der Waals surface area contributed by atoms with Crippen molar-refractivity contribution in [2.45, 2.75) is 58.0 Å². The summed E-state index contributed by atoms with van der Waals surface area (Å²) < 4.78 is 42.7. The Hall–Kier alpha value is -0.740. The molecule has 2 rings (SSSR count). The molecule has 25 heavy (non-hydrogen) atoms. The van der Waals surface area contributed by atoms with Crippen LogP contribution in [0.2, 0.25) is 0 Å². The van der Waals surface area contributed by atoms with E-state index in [1.807, 2.05) is 13.8 Å². The molecule has 2 aliphatic rings. The second-order valence-corrected chi connectivity index (χ2v) is 8.88. The van der Waals surface area contributed by atoms with Crippen LogP contribution >= 0.6 is 0 Å². The molecule has 9 heteroatoms. The number of nitrogens with zero attached hydrogens (tertiary/aromatic N) is 1. The average molecular weight is 378 g/mol. The van der Waals surface area contributed by atoms with Gasteiger partial charge in [-0.1, -0.05) is 0 Å². The van der Waals surface area contributed by atoms with Gasteiger partial charge in [-0.3, -0.25) is 4.79 Å². The molecular weight excluding hydrogens is 348 g/mol. The number of carbonyl (C=O) groups is 1. The third kappa shape index (κ3) is 6.49. The summed E-state index contributed by atoms with van der Waals surface area (Å²) in [7, 11) is -3.42. The van der Waals surface area contributed by atoms with E-state index in [-0.39, 0.29) is 36.5 Å². The Morgan fingerprint density at radius 2 is 2.00 bits per heavy atom. The fraction of sp³-hybridized carbons (Fsp3) is 0.938. The molecule has 2 aliphatic heterocycles. The maximum atomic E-state index is 12.4. The Morgan fingerprint density at radius 3 is 2.60 bits per heavy atom. The van der Waals surface area contributed by atoms with Crippen LogP contribution in [0.1, 0.15) is 33.6 Å². The second-order valence-electron chi connectivity index (χ2n) is 6.79. The van der Waals surface area contributed by atoms with Crippen molar-refractivity contribution in [2.75, 3.05) is 38.6 Å². The van der Waals surface area contributed by atoms with Crippen LogP contribution in [-0.2, 0) is 29.0 Å². The summed E-state index contributed by atoms with van der Waals surface area (Å²) >= 11 is 0. The molecule has 2 heterocycles. The Kier molecular flexibility index (Phi) is 7.63. The van der Waals surface area contributed by atoms with Gasteiger partial charge in [0.05, 0.1) is 30.7 Å². The van der Waals surface area contributed by atoms with E-state index in [0.717, 1.165) is 19.4 Å². The highest BCUT2D eigenvalue weighted by molar-refractivity contribution is 7.89. The van der Waals surface area contributed by atoms with Crippen LogP contribution in [0, 0.1) is 0 Å². The van der Waals surface area contributed by atoms with E-state index in [1.54, 1.807) is 6.92 Å². The molecule has 0 aromatic heterocycles. The number of carbonyl (C=O) groups excluding carboxylic acids is 1. The van der Waals surface area contributed by atoms with E-state index >= 15 is 0 Å². The van der Waals surface area contributed by atoms with Gasteiger partial charge < -0.3 is 19.5 Å². The number of nitrogens with one attached hydrogen (secondary N) is 1. The van der Waals surface area contributed by atoms with E-state index in [9.17, 15) is 13.2 Å². The summed E-state index contributed by atoms with van der Waals surface area (Å²) in [6, 6.07) is 0. The van der Waals surface area contributed by atoms with Gasteiger partial charge in [-0.2, -0.15) is 4.31 Å². The molecule has 0 saturated carbocycles. The Bertz CT molecular complexity index is 525. The fourth-order valence-corrected chi connectivity index (χ4v) is 4.53. The molecular formula is C16H30N2O6S. The number of amides is 1. The van der Waals surface area contributed by atoms with Gasteiger partial charge in [0.1, 0.15) is 6.10 Å². The lowest BCUT2D eigenvalue weighted by molar-refractivity contribution is -0.133. The van der Waals surface area contributed by atoms with Crippen LogP contribution in [0.4, 0.5) is 0 Å². The highest BCUT2D eigenvalue weighted by Crippen LogP contribution is 2.15. The van der Waals surface area contributed by atoms with Gasteiger partial charge in [-0.15, -0.1) is 0 Å². The molecule has 0 aliphatic carbocycles. The molecule has 2 fully saturated rings. The highest BCUT2D eigenvalue weighted by Gasteiger charge is 2.30. The van der Waals surface area contributed by atoms with Gasteiger partial charge in [-0.05, 0) is 33.6 Å². The molecule has 8 nitrogen and oxygen atoms in total. The normalized spacial score (nSPS) is 29.5. The largest absolute Gasteiger partial charge is 0.376 e. The van der Waals surface area contributed by atoms with Gasteiger partial charge in [-0.25, -0.2) is 8.42 Å². The molecule has 1 N–H and O–H groups in total. The van der Waals surface area contributed by atoms with Gasteiger partial charge >= 0.3 is 0 Å². The Morgan fingerprint density at radius 1 is 1.32 bits per heavy atom. The summed E-state index contributed by atoms with van der Waals surface area (Å²) in [6.07, 6.45) is 1.14. The molecule has 0 aromatic carbocycles. The summed E-state index contributed by atoms with van der Waals surface area (Å²) in [5, 5.41) is 2.63. The first-order valence-electron chi connectivity index (χ1n) is 8.92. The topological polar surface area (TPSA) is 94.2 Å². The number of rotatable bonds is 8. The molecule has 0 radical (unpaired) electrons. The lowest BCUT2D eigenvalue weighted by Crippen LogP contribution is -2.50. The van der Waals surface area contributed by atoms with Crippen molar-refractivity contribution >= 4 is 15.9 Å². The number of hydrogen-bond donors (Lipinski definition) is 1. The van der Waals surface area contributed by atoms with Gasteiger partial charge in [0.25, 0.3) is 0 Å². The van der Waals surface area contributed by atoms with Crippen molar-refractivity contribution in [2.24, 2.45) is 0 Å². The van der Waals surface area contributed by atoms with Crippen LogP contribution in [0.3, 0.4) is 0 Å². The zero-order chi connectivity index (χ0) is 18.4. The Balaban J connectivity index is 1.70.